The van der Waals surface area contributed by atoms with Gasteiger partial charge in [-0.1, -0.05) is 13.8 Å². The number of nitrogens with one attached hydrogen (secondary N) is 1. The van der Waals surface area contributed by atoms with Crippen LogP contribution in [-0.2, 0) is 6.54 Å². The topological polar surface area (TPSA) is 28.2 Å². The lowest BCUT2D eigenvalue weighted by Gasteiger charge is -2.25. The zero-order valence-electron chi connectivity index (χ0n) is 14.5. The van der Waals surface area contributed by atoms with E-state index >= 15 is 0 Å². The monoisotopic (exact) mass is 289 g/mol. The highest BCUT2D eigenvalue weighted by atomic mass is 15.2. The second kappa shape index (κ2) is 6.35. The minimum absolute atomic E-state index is 0.141. The SMILES string of the molecule is CC(C)c1cc(CNC(C)(C)C)cc(N2CCCC2C)n1. The summed E-state index contributed by atoms with van der Waals surface area (Å²) in [4.78, 5) is 7.37. The zero-order valence-corrected chi connectivity index (χ0v) is 14.5. The first-order chi connectivity index (χ1) is 9.76. The average molecular weight is 289 g/mol. The standard InChI is InChI=1S/C18H31N3/c1-13(2)16-10-15(12-19-18(4,5)6)11-17(20-16)21-9-7-8-14(21)3/h10-11,13-14,19H,7-9,12H2,1-6H3. The van der Waals surface area contributed by atoms with Gasteiger partial charge in [0.25, 0.3) is 0 Å². The van der Waals surface area contributed by atoms with Crippen LogP contribution in [0.4, 0.5) is 5.82 Å². The summed E-state index contributed by atoms with van der Waals surface area (Å²) in [5.41, 5.74) is 2.69. The zero-order chi connectivity index (χ0) is 15.6. The number of hydrogen-bond donors (Lipinski definition) is 1. The molecule has 2 rings (SSSR count). The van der Waals surface area contributed by atoms with Crippen molar-refractivity contribution >= 4 is 5.82 Å². The summed E-state index contributed by atoms with van der Waals surface area (Å²) in [7, 11) is 0. The van der Waals surface area contributed by atoms with Crippen LogP contribution in [-0.4, -0.2) is 23.1 Å². The lowest BCUT2D eigenvalue weighted by molar-refractivity contribution is 0.424. The van der Waals surface area contributed by atoms with Crippen LogP contribution in [0.5, 0.6) is 0 Å². The Morgan fingerprint density at radius 2 is 2.05 bits per heavy atom. The van der Waals surface area contributed by atoms with Crippen LogP contribution in [0.15, 0.2) is 12.1 Å². The first-order valence-corrected chi connectivity index (χ1v) is 8.29. The molecule has 2 heterocycles. The third kappa shape index (κ3) is 4.44. The van der Waals surface area contributed by atoms with E-state index in [9.17, 15) is 0 Å². The van der Waals surface area contributed by atoms with Crippen molar-refractivity contribution in [3.05, 3.63) is 23.4 Å². The smallest absolute Gasteiger partial charge is 0.129 e. The Kier molecular flexibility index (Phi) is 4.92. The lowest BCUT2D eigenvalue weighted by Crippen LogP contribution is -2.35. The van der Waals surface area contributed by atoms with Gasteiger partial charge in [0.1, 0.15) is 5.82 Å². The summed E-state index contributed by atoms with van der Waals surface area (Å²) in [5, 5.41) is 3.59. The number of anilines is 1. The summed E-state index contributed by atoms with van der Waals surface area (Å²) in [6, 6.07) is 5.14. The molecule has 0 radical (unpaired) electrons. The Labute approximate surface area is 130 Å². The molecule has 21 heavy (non-hydrogen) atoms. The molecule has 118 valence electrons. The molecule has 1 aliphatic rings. The van der Waals surface area contributed by atoms with E-state index in [2.05, 4.69) is 63.9 Å². The molecule has 1 N–H and O–H groups in total. The van der Waals surface area contributed by atoms with Crippen molar-refractivity contribution in [3.63, 3.8) is 0 Å². The maximum Gasteiger partial charge on any atom is 0.129 e. The molecule has 1 aliphatic heterocycles. The van der Waals surface area contributed by atoms with E-state index in [0.29, 0.717) is 12.0 Å². The third-order valence-electron chi connectivity index (χ3n) is 4.15. The molecule has 1 atom stereocenters. The van der Waals surface area contributed by atoms with E-state index in [1.807, 2.05) is 0 Å². The molecule has 0 saturated carbocycles. The predicted molar refractivity (Wildman–Crippen MR) is 91.0 cm³/mol. The molecule has 0 amide bonds. The van der Waals surface area contributed by atoms with Crippen LogP contribution in [0.2, 0.25) is 0 Å². The maximum atomic E-state index is 4.91. The summed E-state index contributed by atoms with van der Waals surface area (Å²) in [5.74, 6) is 1.63. The summed E-state index contributed by atoms with van der Waals surface area (Å²) >= 11 is 0. The van der Waals surface area contributed by atoms with Gasteiger partial charge < -0.3 is 10.2 Å². The van der Waals surface area contributed by atoms with Crippen LogP contribution in [0.3, 0.4) is 0 Å². The Balaban J connectivity index is 2.26. The van der Waals surface area contributed by atoms with Gasteiger partial charge in [-0.2, -0.15) is 0 Å². The van der Waals surface area contributed by atoms with Gasteiger partial charge in [0, 0.05) is 30.4 Å². The summed E-state index contributed by atoms with van der Waals surface area (Å²) in [6.45, 7) is 15.4. The van der Waals surface area contributed by atoms with Crippen molar-refractivity contribution in [1.29, 1.82) is 0 Å². The molecule has 1 aromatic heterocycles. The second-order valence-corrected chi connectivity index (χ2v) is 7.70. The quantitative estimate of drug-likeness (QED) is 0.905. The number of nitrogens with zero attached hydrogens (tertiary/aromatic N) is 2. The fourth-order valence-electron chi connectivity index (χ4n) is 2.78. The molecule has 1 aromatic rings. The van der Waals surface area contributed by atoms with E-state index < -0.39 is 0 Å². The van der Waals surface area contributed by atoms with Gasteiger partial charge in [0.15, 0.2) is 0 Å². The molecule has 1 saturated heterocycles. The van der Waals surface area contributed by atoms with Crippen LogP contribution < -0.4 is 10.2 Å². The highest BCUT2D eigenvalue weighted by Gasteiger charge is 2.22. The van der Waals surface area contributed by atoms with Crippen molar-refractivity contribution in [1.82, 2.24) is 10.3 Å². The van der Waals surface area contributed by atoms with Crippen molar-refractivity contribution in [3.8, 4) is 0 Å². The minimum Gasteiger partial charge on any atom is -0.354 e. The molecule has 3 heteroatoms. The minimum atomic E-state index is 0.141. The highest BCUT2D eigenvalue weighted by molar-refractivity contribution is 5.45. The number of hydrogen-bond acceptors (Lipinski definition) is 3. The van der Waals surface area contributed by atoms with E-state index in [4.69, 9.17) is 4.98 Å². The van der Waals surface area contributed by atoms with E-state index in [1.165, 1.54) is 24.1 Å². The van der Waals surface area contributed by atoms with Crippen LogP contribution >= 0.6 is 0 Å². The Morgan fingerprint density at radius 3 is 2.57 bits per heavy atom. The predicted octanol–water partition coefficient (Wildman–Crippen LogP) is 4.08. The lowest BCUT2D eigenvalue weighted by atomic mass is 10.1. The molecule has 0 aliphatic carbocycles. The van der Waals surface area contributed by atoms with Gasteiger partial charge in [-0.05, 0) is 64.2 Å². The van der Waals surface area contributed by atoms with Crippen LogP contribution in [0.25, 0.3) is 0 Å². The molecule has 1 unspecified atom stereocenters. The molecular weight excluding hydrogens is 258 g/mol. The van der Waals surface area contributed by atoms with E-state index in [0.717, 1.165) is 18.9 Å². The van der Waals surface area contributed by atoms with Gasteiger partial charge in [-0.3, -0.25) is 0 Å². The number of pyridine rings is 1. The van der Waals surface area contributed by atoms with Crippen LogP contribution in [0.1, 0.15) is 71.6 Å². The van der Waals surface area contributed by atoms with E-state index in [-0.39, 0.29) is 5.54 Å². The molecule has 0 aromatic carbocycles. The second-order valence-electron chi connectivity index (χ2n) is 7.70. The Hall–Kier alpha value is -1.09. The fraction of sp³-hybridized carbons (Fsp3) is 0.722. The van der Waals surface area contributed by atoms with Gasteiger partial charge in [0.05, 0.1) is 0 Å². The van der Waals surface area contributed by atoms with Gasteiger partial charge in [-0.25, -0.2) is 4.98 Å². The highest BCUT2D eigenvalue weighted by Crippen LogP contribution is 2.27. The molecule has 1 fully saturated rings. The largest absolute Gasteiger partial charge is 0.354 e. The number of rotatable bonds is 4. The summed E-state index contributed by atoms with van der Waals surface area (Å²) in [6.07, 6.45) is 2.56. The van der Waals surface area contributed by atoms with Gasteiger partial charge >= 0.3 is 0 Å². The van der Waals surface area contributed by atoms with Crippen molar-refractivity contribution in [2.24, 2.45) is 0 Å². The Morgan fingerprint density at radius 1 is 1.33 bits per heavy atom. The fourth-order valence-corrected chi connectivity index (χ4v) is 2.78. The molecule has 0 bridgehead atoms. The van der Waals surface area contributed by atoms with Crippen molar-refractivity contribution in [2.75, 3.05) is 11.4 Å². The molecule has 3 nitrogen and oxygen atoms in total. The van der Waals surface area contributed by atoms with E-state index in [1.54, 1.807) is 0 Å². The molecule has 0 spiro atoms. The van der Waals surface area contributed by atoms with Gasteiger partial charge in [0.2, 0.25) is 0 Å². The van der Waals surface area contributed by atoms with Crippen LogP contribution in [0, 0.1) is 0 Å². The van der Waals surface area contributed by atoms with Gasteiger partial charge in [-0.15, -0.1) is 0 Å². The first kappa shape index (κ1) is 16.3. The normalized spacial score (nSPS) is 19.6. The number of aromatic nitrogens is 1. The third-order valence-corrected chi connectivity index (χ3v) is 4.15. The first-order valence-electron chi connectivity index (χ1n) is 8.29. The average Bonchev–Trinajstić information content (AvgIpc) is 2.81. The maximum absolute atomic E-state index is 4.91. The van der Waals surface area contributed by atoms with Crippen molar-refractivity contribution < 1.29 is 0 Å². The molecular formula is C18H31N3. The Bertz CT molecular complexity index is 474. The van der Waals surface area contributed by atoms with Crippen molar-refractivity contribution in [2.45, 2.75) is 78.4 Å². The summed E-state index contributed by atoms with van der Waals surface area (Å²) < 4.78 is 0.